The van der Waals surface area contributed by atoms with Crippen molar-refractivity contribution in [3.8, 4) is 0 Å². The lowest BCUT2D eigenvalue weighted by Gasteiger charge is -2.31. The van der Waals surface area contributed by atoms with E-state index in [1.807, 2.05) is 7.05 Å². The zero-order valence-corrected chi connectivity index (χ0v) is 12.8. The monoisotopic (exact) mass is 271 g/mol. The van der Waals surface area contributed by atoms with Crippen LogP contribution in [0.4, 0.5) is 0 Å². The maximum Gasteiger partial charge on any atom is 0.234 e. The molecule has 0 aliphatic carbocycles. The molecule has 0 aromatic carbocycles. The minimum atomic E-state index is -0.0161. The minimum absolute atomic E-state index is 0.0161. The normalized spacial score (nSPS) is 17.7. The Morgan fingerprint density at radius 2 is 2.05 bits per heavy atom. The highest BCUT2D eigenvalue weighted by atomic mass is 16.5. The van der Waals surface area contributed by atoms with E-state index in [9.17, 15) is 4.79 Å². The van der Waals surface area contributed by atoms with Crippen molar-refractivity contribution in [2.75, 3.05) is 46.9 Å². The first kappa shape index (κ1) is 16.4. The van der Waals surface area contributed by atoms with E-state index in [1.54, 1.807) is 7.11 Å². The van der Waals surface area contributed by atoms with Gasteiger partial charge in [-0.15, -0.1) is 0 Å². The van der Waals surface area contributed by atoms with Gasteiger partial charge < -0.3 is 15.4 Å². The number of carbonyl (C=O) groups excluding carboxylic acids is 1. The van der Waals surface area contributed by atoms with Gasteiger partial charge in [0.05, 0.1) is 13.2 Å². The summed E-state index contributed by atoms with van der Waals surface area (Å²) < 4.78 is 5.15. The fourth-order valence-corrected chi connectivity index (χ4v) is 2.44. The first-order valence-electron chi connectivity index (χ1n) is 7.11. The van der Waals surface area contributed by atoms with E-state index < -0.39 is 0 Å². The maximum atomic E-state index is 11.9. The molecule has 0 atom stereocenters. The molecule has 1 amide bonds. The summed E-state index contributed by atoms with van der Waals surface area (Å²) in [4.78, 5) is 14.1. The molecule has 0 bridgehead atoms. The van der Waals surface area contributed by atoms with Crippen molar-refractivity contribution >= 4 is 5.91 Å². The number of carbonyl (C=O) groups is 1. The van der Waals surface area contributed by atoms with E-state index in [0.717, 1.165) is 25.9 Å². The van der Waals surface area contributed by atoms with Crippen molar-refractivity contribution in [2.24, 2.45) is 5.41 Å². The number of nitrogens with zero attached hydrogens (tertiary/aromatic N) is 1. The Hall–Kier alpha value is -0.650. The van der Waals surface area contributed by atoms with Crippen LogP contribution in [0.2, 0.25) is 0 Å². The number of hydrogen-bond donors (Lipinski definition) is 2. The number of ether oxygens (including phenoxy) is 1. The molecule has 0 spiro atoms. The van der Waals surface area contributed by atoms with E-state index in [-0.39, 0.29) is 11.3 Å². The summed E-state index contributed by atoms with van der Waals surface area (Å²) in [6.07, 6.45) is 2.25. The number of amides is 1. The molecule has 2 N–H and O–H groups in total. The fraction of sp³-hybridized carbons (Fsp3) is 0.929. The van der Waals surface area contributed by atoms with Crippen molar-refractivity contribution in [2.45, 2.75) is 32.7 Å². The predicted molar refractivity (Wildman–Crippen MR) is 77.2 cm³/mol. The largest absolute Gasteiger partial charge is 0.384 e. The van der Waals surface area contributed by atoms with Gasteiger partial charge in [-0.3, -0.25) is 9.69 Å². The molecular formula is C14H29N3O2. The summed E-state index contributed by atoms with van der Waals surface area (Å²) in [6, 6.07) is 0.527. The Labute approximate surface area is 117 Å². The number of nitrogens with one attached hydrogen (secondary N) is 2. The summed E-state index contributed by atoms with van der Waals surface area (Å²) in [5, 5.41) is 6.34. The van der Waals surface area contributed by atoms with Crippen molar-refractivity contribution in [1.29, 1.82) is 0 Å². The van der Waals surface area contributed by atoms with E-state index in [1.165, 1.54) is 0 Å². The number of rotatable bonds is 7. The van der Waals surface area contributed by atoms with Gasteiger partial charge in [-0.2, -0.15) is 0 Å². The number of methoxy groups -OCH3 is 1. The molecule has 1 heterocycles. The summed E-state index contributed by atoms with van der Waals surface area (Å²) in [5.41, 5.74) is -0.0161. The van der Waals surface area contributed by atoms with Gasteiger partial charge in [-0.1, -0.05) is 13.8 Å². The highest BCUT2D eigenvalue weighted by Gasteiger charge is 2.22. The van der Waals surface area contributed by atoms with Crippen LogP contribution >= 0.6 is 0 Å². The highest BCUT2D eigenvalue weighted by molar-refractivity contribution is 5.78. The Kier molecular flexibility index (Phi) is 6.75. The average molecular weight is 271 g/mol. The molecule has 0 unspecified atom stereocenters. The van der Waals surface area contributed by atoms with Crippen molar-refractivity contribution < 1.29 is 9.53 Å². The van der Waals surface area contributed by atoms with Gasteiger partial charge in [0.25, 0.3) is 0 Å². The lowest BCUT2D eigenvalue weighted by molar-refractivity contribution is -0.123. The van der Waals surface area contributed by atoms with Gasteiger partial charge in [-0.05, 0) is 33.0 Å². The molecule has 0 saturated carbocycles. The molecule has 1 fully saturated rings. The van der Waals surface area contributed by atoms with Crippen LogP contribution in [0.5, 0.6) is 0 Å². The minimum Gasteiger partial charge on any atom is -0.384 e. The molecule has 1 saturated heterocycles. The second-order valence-corrected chi connectivity index (χ2v) is 6.27. The number of piperidine rings is 1. The van der Waals surface area contributed by atoms with Crippen LogP contribution in [0.25, 0.3) is 0 Å². The van der Waals surface area contributed by atoms with E-state index >= 15 is 0 Å². The third kappa shape index (κ3) is 6.36. The van der Waals surface area contributed by atoms with Crippen molar-refractivity contribution in [1.82, 2.24) is 15.5 Å². The molecule has 19 heavy (non-hydrogen) atoms. The van der Waals surface area contributed by atoms with Crippen LogP contribution in [0, 0.1) is 5.41 Å². The second-order valence-electron chi connectivity index (χ2n) is 6.27. The second kappa shape index (κ2) is 7.82. The predicted octanol–water partition coefficient (Wildman–Crippen LogP) is 0.459. The van der Waals surface area contributed by atoms with E-state index in [4.69, 9.17) is 4.74 Å². The zero-order chi connectivity index (χ0) is 14.3. The van der Waals surface area contributed by atoms with Crippen LogP contribution in [-0.4, -0.2) is 63.8 Å². The topological polar surface area (TPSA) is 53.6 Å². The molecule has 1 rings (SSSR count). The van der Waals surface area contributed by atoms with Crippen molar-refractivity contribution in [3.63, 3.8) is 0 Å². The number of likely N-dealkylation sites (N-methyl/N-ethyl adjacent to an activating group) is 1. The summed E-state index contributed by atoms with van der Waals surface area (Å²) in [5.74, 6) is 0.102. The standard InChI is InChI=1S/C14H29N3O2/c1-14(2,11-19-4)10-16-13(18)9-17(3)12-5-7-15-8-6-12/h12,15H,5-11H2,1-4H3,(H,16,18). The first-order valence-corrected chi connectivity index (χ1v) is 7.11. The van der Waals surface area contributed by atoms with E-state index in [2.05, 4.69) is 29.4 Å². The molecule has 1 aliphatic heterocycles. The Bertz CT molecular complexity index is 276. The first-order chi connectivity index (χ1) is 8.94. The van der Waals surface area contributed by atoms with Crippen LogP contribution in [0.15, 0.2) is 0 Å². The molecule has 0 radical (unpaired) electrons. The zero-order valence-electron chi connectivity index (χ0n) is 12.8. The summed E-state index contributed by atoms with van der Waals surface area (Å²) in [7, 11) is 3.73. The molecule has 5 heteroatoms. The summed E-state index contributed by atoms with van der Waals surface area (Å²) in [6.45, 7) is 8.07. The molecule has 1 aliphatic rings. The van der Waals surface area contributed by atoms with Gasteiger partial charge in [-0.25, -0.2) is 0 Å². The van der Waals surface area contributed by atoms with Gasteiger partial charge in [0.15, 0.2) is 0 Å². The third-order valence-corrected chi connectivity index (χ3v) is 3.62. The Balaban J connectivity index is 2.26. The quantitative estimate of drug-likeness (QED) is 0.706. The van der Waals surface area contributed by atoms with Gasteiger partial charge in [0.1, 0.15) is 0 Å². The molecule has 0 aromatic rings. The van der Waals surface area contributed by atoms with Crippen LogP contribution < -0.4 is 10.6 Å². The van der Waals surface area contributed by atoms with Gasteiger partial charge >= 0.3 is 0 Å². The maximum absolute atomic E-state index is 11.9. The Morgan fingerprint density at radius 3 is 2.63 bits per heavy atom. The van der Waals surface area contributed by atoms with Crippen LogP contribution in [-0.2, 0) is 9.53 Å². The van der Waals surface area contributed by atoms with Gasteiger partial charge in [0, 0.05) is 25.1 Å². The molecular weight excluding hydrogens is 242 g/mol. The third-order valence-electron chi connectivity index (χ3n) is 3.62. The smallest absolute Gasteiger partial charge is 0.234 e. The van der Waals surface area contributed by atoms with Gasteiger partial charge in [0.2, 0.25) is 5.91 Å². The Morgan fingerprint density at radius 1 is 1.42 bits per heavy atom. The average Bonchev–Trinajstić information content (AvgIpc) is 2.37. The summed E-state index contributed by atoms with van der Waals surface area (Å²) >= 11 is 0. The van der Waals surface area contributed by atoms with Crippen LogP contribution in [0.3, 0.4) is 0 Å². The van der Waals surface area contributed by atoms with Crippen molar-refractivity contribution in [3.05, 3.63) is 0 Å². The molecule has 0 aromatic heterocycles. The SMILES string of the molecule is COCC(C)(C)CNC(=O)CN(C)C1CCNCC1. The van der Waals surface area contributed by atoms with E-state index in [0.29, 0.717) is 25.7 Å². The lowest BCUT2D eigenvalue weighted by Crippen LogP contribution is -2.46. The highest BCUT2D eigenvalue weighted by Crippen LogP contribution is 2.13. The number of hydrogen-bond acceptors (Lipinski definition) is 4. The molecule has 112 valence electrons. The van der Waals surface area contributed by atoms with Crippen LogP contribution in [0.1, 0.15) is 26.7 Å². The molecule has 5 nitrogen and oxygen atoms in total. The fourth-order valence-electron chi connectivity index (χ4n) is 2.44. The lowest BCUT2D eigenvalue weighted by atomic mass is 9.95.